The Morgan fingerprint density at radius 2 is 2.00 bits per heavy atom. The second kappa shape index (κ2) is 4.79. The predicted octanol–water partition coefficient (Wildman–Crippen LogP) is 1.38. The average Bonchev–Trinajstić information content (AvgIpc) is 3.08. The number of benzene rings is 1. The van der Waals surface area contributed by atoms with Crippen molar-refractivity contribution in [3.05, 3.63) is 35.9 Å². The number of carboxylic acid groups (broad SMARTS) is 1. The SMILES string of the molecule is O=C(O)C(Cc1ccccc1)NC1=NN1C(F)(F)F. The summed E-state index contributed by atoms with van der Waals surface area (Å²) < 4.78 is 36.6. The largest absolute Gasteiger partial charge is 0.507 e. The minimum atomic E-state index is -4.61. The fourth-order valence-electron chi connectivity index (χ4n) is 1.54. The number of guanidine groups is 1. The number of rotatable bonds is 4. The van der Waals surface area contributed by atoms with Crippen molar-refractivity contribution in [2.75, 3.05) is 0 Å². The number of hydrazone groups is 1. The molecule has 0 amide bonds. The van der Waals surface area contributed by atoms with E-state index in [2.05, 4.69) is 10.4 Å². The number of hydrogen-bond acceptors (Lipinski definition) is 4. The quantitative estimate of drug-likeness (QED) is 0.813. The van der Waals surface area contributed by atoms with Crippen LogP contribution in [0.3, 0.4) is 0 Å². The zero-order valence-corrected chi connectivity index (χ0v) is 9.55. The summed E-state index contributed by atoms with van der Waals surface area (Å²) in [7, 11) is 0. The van der Waals surface area contributed by atoms with Gasteiger partial charge in [0, 0.05) is 6.42 Å². The second-order valence-electron chi connectivity index (χ2n) is 3.93. The van der Waals surface area contributed by atoms with Gasteiger partial charge in [-0.2, -0.15) is 0 Å². The highest BCUT2D eigenvalue weighted by Gasteiger charge is 2.49. The molecule has 2 N–H and O–H groups in total. The molecule has 0 aromatic heterocycles. The lowest BCUT2D eigenvalue weighted by Gasteiger charge is -2.14. The number of carboxylic acids is 1. The molecule has 0 saturated carbocycles. The van der Waals surface area contributed by atoms with Crippen molar-refractivity contribution in [1.29, 1.82) is 0 Å². The molecule has 1 aromatic carbocycles. The van der Waals surface area contributed by atoms with Crippen LogP contribution in [-0.2, 0) is 11.2 Å². The molecule has 1 unspecified atom stereocenters. The maximum atomic E-state index is 12.2. The molecular weight excluding hydrogens is 263 g/mol. The molecule has 1 heterocycles. The second-order valence-corrected chi connectivity index (χ2v) is 3.93. The van der Waals surface area contributed by atoms with E-state index in [1.54, 1.807) is 30.3 Å². The van der Waals surface area contributed by atoms with Crippen molar-refractivity contribution < 1.29 is 23.1 Å². The molecular formula is C11H10F3N3O2. The van der Waals surface area contributed by atoms with Crippen LogP contribution in [0.2, 0.25) is 0 Å². The van der Waals surface area contributed by atoms with Gasteiger partial charge in [0.15, 0.2) is 0 Å². The van der Waals surface area contributed by atoms with Crippen molar-refractivity contribution >= 4 is 11.9 Å². The monoisotopic (exact) mass is 273 g/mol. The first-order valence-corrected chi connectivity index (χ1v) is 5.37. The summed E-state index contributed by atoms with van der Waals surface area (Å²) in [6.45, 7) is 0. The van der Waals surface area contributed by atoms with E-state index in [-0.39, 0.29) is 11.4 Å². The molecule has 1 atom stereocenters. The molecule has 19 heavy (non-hydrogen) atoms. The number of nitrogens with one attached hydrogen (secondary N) is 1. The summed E-state index contributed by atoms with van der Waals surface area (Å²) in [5.74, 6) is -1.71. The zero-order valence-electron chi connectivity index (χ0n) is 9.55. The highest BCUT2D eigenvalue weighted by Crippen LogP contribution is 2.28. The van der Waals surface area contributed by atoms with E-state index in [0.717, 1.165) is 0 Å². The van der Waals surface area contributed by atoms with Crippen LogP contribution < -0.4 is 5.32 Å². The Hall–Kier alpha value is -2.25. The Balaban J connectivity index is 1.96. The van der Waals surface area contributed by atoms with Crippen molar-refractivity contribution in [1.82, 2.24) is 10.3 Å². The summed E-state index contributed by atoms with van der Waals surface area (Å²) in [6, 6.07) is 7.47. The van der Waals surface area contributed by atoms with Crippen LogP contribution in [-0.4, -0.2) is 34.4 Å². The number of nitrogens with zero attached hydrogens (tertiary/aromatic N) is 2. The molecule has 0 spiro atoms. The van der Waals surface area contributed by atoms with E-state index < -0.39 is 24.3 Å². The Bertz CT molecular complexity index is 502. The topological polar surface area (TPSA) is 64.7 Å². The van der Waals surface area contributed by atoms with Gasteiger partial charge in [0.05, 0.1) is 0 Å². The van der Waals surface area contributed by atoms with E-state index in [1.165, 1.54) is 0 Å². The minimum Gasteiger partial charge on any atom is -0.480 e. The number of alkyl halides is 3. The molecule has 0 saturated heterocycles. The van der Waals surface area contributed by atoms with Crippen molar-refractivity contribution in [2.24, 2.45) is 5.10 Å². The van der Waals surface area contributed by atoms with Gasteiger partial charge in [0.1, 0.15) is 6.04 Å². The first kappa shape index (κ1) is 13.2. The van der Waals surface area contributed by atoms with Crippen LogP contribution >= 0.6 is 0 Å². The molecule has 8 heteroatoms. The summed E-state index contributed by atoms with van der Waals surface area (Å²) in [5.41, 5.74) is 0.710. The summed E-state index contributed by atoms with van der Waals surface area (Å²) in [5, 5.41) is 14.1. The van der Waals surface area contributed by atoms with Gasteiger partial charge in [0.25, 0.3) is 0 Å². The van der Waals surface area contributed by atoms with Crippen molar-refractivity contribution in [2.45, 2.75) is 18.8 Å². The number of aliphatic carboxylic acids is 1. The molecule has 1 aliphatic heterocycles. The van der Waals surface area contributed by atoms with Gasteiger partial charge in [0.2, 0.25) is 5.96 Å². The lowest BCUT2D eigenvalue weighted by atomic mass is 10.1. The van der Waals surface area contributed by atoms with Gasteiger partial charge in [-0.25, -0.2) is 4.79 Å². The van der Waals surface area contributed by atoms with Crippen LogP contribution in [0, 0.1) is 0 Å². The number of halogens is 3. The van der Waals surface area contributed by atoms with Gasteiger partial charge in [-0.15, -0.1) is 23.3 Å². The van der Waals surface area contributed by atoms with E-state index >= 15 is 0 Å². The standard InChI is InChI=1S/C11H10F3N3O2/c12-11(13,14)17-10(16-17)15-8(9(18)19)6-7-4-2-1-3-5-7/h1-5,8H,6H2,(H,15,16)(H,18,19). The van der Waals surface area contributed by atoms with E-state index in [1.807, 2.05) is 0 Å². The third-order valence-electron chi connectivity index (χ3n) is 2.48. The van der Waals surface area contributed by atoms with Crippen LogP contribution in [0.5, 0.6) is 0 Å². The van der Waals surface area contributed by atoms with Crippen LogP contribution in [0.15, 0.2) is 35.4 Å². The Kier molecular flexibility index (Phi) is 3.32. The normalized spacial score (nSPS) is 15.7. The van der Waals surface area contributed by atoms with Crippen LogP contribution in [0.25, 0.3) is 0 Å². The molecule has 5 nitrogen and oxygen atoms in total. The molecule has 0 radical (unpaired) electrons. The van der Waals surface area contributed by atoms with Crippen molar-refractivity contribution in [3.63, 3.8) is 0 Å². The smallest absolute Gasteiger partial charge is 0.480 e. The predicted molar refractivity (Wildman–Crippen MR) is 60.0 cm³/mol. The Morgan fingerprint density at radius 1 is 1.37 bits per heavy atom. The molecule has 0 fully saturated rings. The highest BCUT2D eigenvalue weighted by atomic mass is 19.4. The van der Waals surface area contributed by atoms with Gasteiger partial charge in [-0.05, 0) is 5.56 Å². The van der Waals surface area contributed by atoms with Crippen LogP contribution in [0.4, 0.5) is 13.2 Å². The van der Waals surface area contributed by atoms with Crippen LogP contribution in [0.1, 0.15) is 5.56 Å². The average molecular weight is 273 g/mol. The molecule has 2 rings (SSSR count). The van der Waals surface area contributed by atoms with Gasteiger partial charge in [-0.3, -0.25) is 0 Å². The maximum Gasteiger partial charge on any atom is 0.507 e. The molecule has 1 aromatic rings. The minimum absolute atomic E-state index is 0.0703. The van der Waals surface area contributed by atoms with Gasteiger partial charge >= 0.3 is 12.3 Å². The summed E-state index contributed by atoms with van der Waals surface area (Å²) in [4.78, 5) is 11.0. The Labute approximate surface area is 106 Å². The van der Waals surface area contributed by atoms with Crippen molar-refractivity contribution in [3.8, 4) is 0 Å². The number of carbonyl (C=O) groups is 1. The van der Waals surface area contributed by atoms with Gasteiger partial charge in [-0.1, -0.05) is 30.3 Å². The third kappa shape index (κ3) is 3.36. The number of hydrogen-bond donors (Lipinski definition) is 2. The lowest BCUT2D eigenvalue weighted by Crippen LogP contribution is -2.43. The zero-order chi connectivity index (χ0) is 14.0. The van der Waals surface area contributed by atoms with E-state index in [9.17, 15) is 18.0 Å². The fraction of sp³-hybridized carbons (Fsp3) is 0.273. The highest BCUT2D eigenvalue weighted by molar-refractivity contribution is 5.92. The van der Waals surface area contributed by atoms with Gasteiger partial charge < -0.3 is 10.4 Å². The molecule has 1 aliphatic rings. The lowest BCUT2D eigenvalue weighted by molar-refractivity contribution is -0.202. The Morgan fingerprint density at radius 3 is 2.47 bits per heavy atom. The summed E-state index contributed by atoms with van der Waals surface area (Å²) >= 11 is 0. The summed E-state index contributed by atoms with van der Waals surface area (Å²) in [6.07, 6.45) is -4.54. The van der Waals surface area contributed by atoms with E-state index in [4.69, 9.17) is 5.11 Å². The first-order chi connectivity index (χ1) is 8.88. The fourth-order valence-corrected chi connectivity index (χ4v) is 1.54. The molecule has 102 valence electrons. The molecule has 0 aliphatic carbocycles. The maximum absolute atomic E-state index is 12.2. The third-order valence-corrected chi connectivity index (χ3v) is 2.48. The van der Waals surface area contributed by atoms with E-state index in [0.29, 0.717) is 5.56 Å². The molecule has 0 bridgehead atoms. The first-order valence-electron chi connectivity index (χ1n) is 5.37.